The van der Waals surface area contributed by atoms with Gasteiger partial charge < -0.3 is 9.47 Å². The van der Waals surface area contributed by atoms with Crippen molar-refractivity contribution in [1.29, 1.82) is 0 Å². The molecule has 26 heavy (non-hydrogen) atoms. The van der Waals surface area contributed by atoms with Crippen molar-refractivity contribution in [2.24, 2.45) is 7.05 Å². The van der Waals surface area contributed by atoms with Crippen LogP contribution in [-0.4, -0.2) is 33.4 Å². The van der Waals surface area contributed by atoms with Gasteiger partial charge in [0.2, 0.25) is 0 Å². The summed E-state index contributed by atoms with van der Waals surface area (Å²) in [6.07, 6.45) is 6.35. The maximum Gasteiger partial charge on any atom is 0.253 e. The maximum atomic E-state index is 13.0. The Hall–Kier alpha value is -2.62. The zero-order chi connectivity index (χ0) is 17.7. The summed E-state index contributed by atoms with van der Waals surface area (Å²) in [5.74, 6) is 0.138. The predicted molar refractivity (Wildman–Crippen MR) is 102 cm³/mol. The van der Waals surface area contributed by atoms with Crippen LogP contribution >= 0.6 is 0 Å². The van der Waals surface area contributed by atoms with Gasteiger partial charge in [-0.15, -0.1) is 0 Å². The lowest BCUT2D eigenvalue weighted by atomic mass is 9.74. The van der Waals surface area contributed by atoms with Crippen LogP contribution in [0.25, 0.3) is 11.0 Å². The van der Waals surface area contributed by atoms with Gasteiger partial charge in [0.1, 0.15) is 0 Å². The molecular formula is C22H23N3O. The number of carbonyl (C=O) groups is 1. The molecule has 1 spiro atoms. The van der Waals surface area contributed by atoms with E-state index in [9.17, 15) is 4.79 Å². The summed E-state index contributed by atoms with van der Waals surface area (Å²) in [7, 11) is 1.97. The lowest BCUT2D eigenvalue weighted by Gasteiger charge is -2.40. The van der Waals surface area contributed by atoms with Crippen molar-refractivity contribution in [2.45, 2.75) is 31.1 Å². The van der Waals surface area contributed by atoms with Crippen molar-refractivity contribution in [1.82, 2.24) is 14.5 Å². The molecule has 4 heteroatoms. The number of aryl methyl sites for hydroxylation is 2. The average Bonchev–Trinajstić information content (AvgIpc) is 3.23. The van der Waals surface area contributed by atoms with Crippen LogP contribution in [0.4, 0.5) is 0 Å². The molecule has 2 aliphatic rings. The molecule has 0 unspecified atom stereocenters. The van der Waals surface area contributed by atoms with Crippen LogP contribution in [-0.2, 0) is 18.9 Å². The molecule has 132 valence electrons. The first kappa shape index (κ1) is 15.6. The Balaban J connectivity index is 1.36. The highest BCUT2D eigenvalue weighted by molar-refractivity contribution is 5.97. The van der Waals surface area contributed by atoms with Gasteiger partial charge in [-0.3, -0.25) is 4.79 Å². The average molecular weight is 345 g/mol. The molecule has 1 amide bonds. The molecular weight excluding hydrogens is 322 g/mol. The molecule has 3 aromatic rings. The SMILES string of the molecule is Cn1cnc2cc(C(=O)N3CCC4(CCc5ccccc54)CC3)ccc21. The number of piperidine rings is 1. The first-order valence-corrected chi connectivity index (χ1v) is 9.45. The monoisotopic (exact) mass is 345 g/mol. The van der Waals surface area contributed by atoms with Gasteiger partial charge in [0, 0.05) is 25.7 Å². The number of hydrogen-bond acceptors (Lipinski definition) is 2. The third kappa shape index (κ3) is 2.28. The molecule has 1 aliphatic heterocycles. The molecule has 2 heterocycles. The van der Waals surface area contributed by atoms with Crippen molar-refractivity contribution in [3.8, 4) is 0 Å². The largest absolute Gasteiger partial charge is 0.339 e. The number of fused-ring (bicyclic) bond motifs is 3. The highest BCUT2D eigenvalue weighted by Crippen LogP contribution is 2.46. The Morgan fingerprint density at radius 3 is 2.73 bits per heavy atom. The van der Waals surface area contributed by atoms with Crippen molar-refractivity contribution in [3.63, 3.8) is 0 Å². The molecule has 2 aromatic carbocycles. The van der Waals surface area contributed by atoms with E-state index < -0.39 is 0 Å². The molecule has 5 rings (SSSR count). The van der Waals surface area contributed by atoms with E-state index in [4.69, 9.17) is 0 Å². The number of imidazole rings is 1. The van der Waals surface area contributed by atoms with Gasteiger partial charge in [0.25, 0.3) is 5.91 Å². The summed E-state index contributed by atoms with van der Waals surface area (Å²) in [5.41, 5.74) is 6.02. The van der Waals surface area contributed by atoms with Gasteiger partial charge in [-0.2, -0.15) is 0 Å². The number of amides is 1. The second-order valence-electron chi connectivity index (χ2n) is 7.79. The van der Waals surface area contributed by atoms with Crippen LogP contribution in [0.3, 0.4) is 0 Å². The van der Waals surface area contributed by atoms with Crippen molar-refractivity contribution in [2.75, 3.05) is 13.1 Å². The van der Waals surface area contributed by atoms with Gasteiger partial charge in [0.05, 0.1) is 17.4 Å². The Kier molecular flexibility index (Phi) is 3.42. The van der Waals surface area contributed by atoms with Crippen LogP contribution in [0.2, 0.25) is 0 Å². The summed E-state index contributed by atoms with van der Waals surface area (Å²) in [6, 6.07) is 14.7. The van der Waals surface area contributed by atoms with Gasteiger partial charge in [-0.1, -0.05) is 24.3 Å². The highest BCUT2D eigenvalue weighted by Gasteiger charge is 2.41. The second-order valence-corrected chi connectivity index (χ2v) is 7.79. The van der Waals surface area contributed by atoms with E-state index in [0.717, 1.165) is 42.5 Å². The van der Waals surface area contributed by atoms with E-state index in [-0.39, 0.29) is 11.3 Å². The van der Waals surface area contributed by atoms with E-state index in [1.165, 1.54) is 24.0 Å². The van der Waals surface area contributed by atoms with Gasteiger partial charge in [-0.25, -0.2) is 4.98 Å². The summed E-state index contributed by atoms with van der Waals surface area (Å²) in [4.78, 5) is 19.4. The fourth-order valence-electron chi connectivity index (χ4n) is 4.87. The minimum Gasteiger partial charge on any atom is -0.339 e. The number of hydrogen-bond donors (Lipinski definition) is 0. The van der Waals surface area contributed by atoms with Crippen LogP contribution in [0, 0.1) is 0 Å². The molecule has 0 atom stereocenters. The van der Waals surface area contributed by atoms with Gasteiger partial charge in [-0.05, 0) is 60.4 Å². The van der Waals surface area contributed by atoms with Gasteiger partial charge in [0.15, 0.2) is 0 Å². The smallest absolute Gasteiger partial charge is 0.253 e. The number of nitrogens with zero attached hydrogens (tertiary/aromatic N) is 3. The van der Waals surface area contributed by atoms with E-state index in [1.807, 2.05) is 34.7 Å². The maximum absolute atomic E-state index is 13.0. The fourth-order valence-corrected chi connectivity index (χ4v) is 4.87. The topological polar surface area (TPSA) is 38.1 Å². The minimum absolute atomic E-state index is 0.138. The zero-order valence-electron chi connectivity index (χ0n) is 15.1. The molecule has 1 saturated heterocycles. The molecule has 1 fully saturated rings. The van der Waals surface area contributed by atoms with E-state index in [2.05, 4.69) is 29.2 Å². The predicted octanol–water partition coefficient (Wildman–Crippen LogP) is 3.69. The number of likely N-dealkylation sites (tertiary alicyclic amines) is 1. The van der Waals surface area contributed by atoms with Gasteiger partial charge >= 0.3 is 0 Å². The normalized spacial score (nSPS) is 18.4. The van der Waals surface area contributed by atoms with Crippen LogP contribution in [0.1, 0.15) is 40.7 Å². The van der Waals surface area contributed by atoms with Crippen molar-refractivity contribution in [3.05, 3.63) is 65.5 Å². The molecule has 0 N–H and O–H groups in total. The quantitative estimate of drug-likeness (QED) is 0.674. The first-order valence-electron chi connectivity index (χ1n) is 9.45. The van der Waals surface area contributed by atoms with Crippen LogP contribution in [0.15, 0.2) is 48.8 Å². The summed E-state index contributed by atoms with van der Waals surface area (Å²) >= 11 is 0. The Labute approximate surface area is 153 Å². The standard InChI is InChI=1S/C22H23N3O/c1-24-15-23-19-14-17(6-7-20(19)24)21(26)25-12-10-22(11-13-25)9-8-16-4-2-3-5-18(16)22/h2-7,14-15H,8-13H2,1H3. The fraction of sp³-hybridized carbons (Fsp3) is 0.364. The van der Waals surface area contributed by atoms with Crippen LogP contribution in [0.5, 0.6) is 0 Å². The second kappa shape index (κ2) is 5.70. The summed E-state index contributed by atoms with van der Waals surface area (Å²) < 4.78 is 1.98. The van der Waals surface area contributed by atoms with E-state index in [0.29, 0.717) is 0 Å². The Morgan fingerprint density at radius 1 is 1.08 bits per heavy atom. The minimum atomic E-state index is 0.138. The lowest BCUT2D eigenvalue weighted by molar-refractivity contribution is 0.0666. The molecule has 4 nitrogen and oxygen atoms in total. The third-order valence-corrected chi connectivity index (χ3v) is 6.44. The van der Waals surface area contributed by atoms with Crippen LogP contribution < -0.4 is 0 Å². The lowest BCUT2D eigenvalue weighted by Crippen LogP contribution is -2.44. The summed E-state index contributed by atoms with van der Waals surface area (Å²) in [6.45, 7) is 1.68. The zero-order valence-corrected chi connectivity index (χ0v) is 15.1. The highest BCUT2D eigenvalue weighted by atomic mass is 16.2. The first-order chi connectivity index (χ1) is 12.7. The number of carbonyl (C=O) groups excluding carboxylic acids is 1. The number of benzene rings is 2. The van der Waals surface area contributed by atoms with E-state index in [1.54, 1.807) is 6.33 Å². The van der Waals surface area contributed by atoms with Crippen molar-refractivity contribution >= 4 is 16.9 Å². The molecule has 0 saturated carbocycles. The number of rotatable bonds is 1. The number of aromatic nitrogens is 2. The molecule has 1 aromatic heterocycles. The molecule has 1 aliphatic carbocycles. The Morgan fingerprint density at radius 2 is 1.88 bits per heavy atom. The molecule has 0 radical (unpaired) electrons. The summed E-state index contributed by atoms with van der Waals surface area (Å²) in [5, 5.41) is 0. The third-order valence-electron chi connectivity index (χ3n) is 6.44. The van der Waals surface area contributed by atoms with E-state index >= 15 is 0 Å². The Bertz CT molecular complexity index is 996. The van der Waals surface area contributed by atoms with Crippen molar-refractivity contribution < 1.29 is 4.79 Å². The molecule has 0 bridgehead atoms.